The highest BCUT2D eigenvalue weighted by Gasteiger charge is 2.32. The van der Waals surface area contributed by atoms with Gasteiger partial charge >= 0.3 is 5.97 Å². The predicted molar refractivity (Wildman–Crippen MR) is 72.6 cm³/mol. The second-order valence-corrected chi connectivity index (χ2v) is 5.41. The molecule has 1 atom stereocenters. The summed E-state index contributed by atoms with van der Waals surface area (Å²) in [5.74, 6) is -0.241. The Labute approximate surface area is 108 Å². The zero-order valence-electron chi connectivity index (χ0n) is 11.1. The fourth-order valence-corrected chi connectivity index (χ4v) is 2.17. The first kappa shape index (κ1) is 13.1. The number of hydrogen-bond acceptors (Lipinski definition) is 2. The van der Waals surface area contributed by atoms with Crippen molar-refractivity contribution in [3.05, 3.63) is 23.9 Å². The normalized spacial score (nSPS) is 23.3. The molecule has 0 aromatic carbocycles. The van der Waals surface area contributed by atoms with Gasteiger partial charge in [0.2, 0.25) is 0 Å². The van der Waals surface area contributed by atoms with Crippen LogP contribution in [0.5, 0.6) is 0 Å². The standard InChI is InChI=1S/C15H21NO2/c1-4-13(9(2)15(17)18)14(12-7-8-12)16-10(3)11-5-6-11/h4,9,11-12H,1,5-8H2,2-3H3,(H,17,18)/b14-13+,16-10?. The van der Waals surface area contributed by atoms with E-state index in [1.807, 2.05) is 0 Å². The Bertz CT molecular complexity index is 426. The summed E-state index contributed by atoms with van der Waals surface area (Å²) >= 11 is 0. The Morgan fingerprint density at radius 2 is 1.89 bits per heavy atom. The van der Waals surface area contributed by atoms with Gasteiger partial charge in [-0.2, -0.15) is 0 Å². The van der Waals surface area contributed by atoms with Crippen LogP contribution < -0.4 is 0 Å². The van der Waals surface area contributed by atoms with Gasteiger partial charge in [-0.15, -0.1) is 0 Å². The molecule has 0 bridgehead atoms. The number of carboxylic acids is 1. The third kappa shape index (κ3) is 2.89. The molecule has 3 nitrogen and oxygen atoms in total. The number of carboxylic acid groups (broad SMARTS) is 1. The summed E-state index contributed by atoms with van der Waals surface area (Å²) in [4.78, 5) is 15.9. The SMILES string of the molecule is C=C/C(=C(\N=C(C)C1CC1)C1CC1)C(C)C(=O)O. The number of nitrogens with zero attached hydrogens (tertiary/aromatic N) is 1. The third-order valence-electron chi connectivity index (χ3n) is 3.78. The third-order valence-corrected chi connectivity index (χ3v) is 3.78. The highest BCUT2D eigenvalue weighted by Crippen LogP contribution is 2.42. The fourth-order valence-electron chi connectivity index (χ4n) is 2.17. The van der Waals surface area contributed by atoms with Gasteiger partial charge in [0.15, 0.2) is 0 Å². The van der Waals surface area contributed by atoms with E-state index in [1.54, 1.807) is 13.0 Å². The summed E-state index contributed by atoms with van der Waals surface area (Å²) in [6, 6.07) is 0. The van der Waals surface area contributed by atoms with Crippen molar-refractivity contribution in [2.75, 3.05) is 0 Å². The maximum atomic E-state index is 11.1. The van der Waals surface area contributed by atoms with Crippen molar-refractivity contribution in [3.63, 3.8) is 0 Å². The summed E-state index contributed by atoms with van der Waals surface area (Å²) in [5, 5.41) is 9.16. The van der Waals surface area contributed by atoms with Crippen LogP contribution in [-0.4, -0.2) is 16.8 Å². The first-order valence-electron chi connectivity index (χ1n) is 6.69. The van der Waals surface area contributed by atoms with Crippen molar-refractivity contribution in [2.45, 2.75) is 39.5 Å². The van der Waals surface area contributed by atoms with Crippen molar-refractivity contribution in [2.24, 2.45) is 22.7 Å². The second kappa shape index (κ2) is 5.09. The molecule has 0 saturated heterocycles. The number of rotatable bonds is 6. The molecule has 1 unspecified atom stereocenters. The first-order valence-corrected chi connectivity index (χ1v) is 6.69. The van der Waals surface area contributed by atoms with E-state index in [0.29, 0.717) is 11.8 Å². The molecular formula is C15H21NO2. The molecule has 0 heterocycles. The lowest BCUT2D eigenvalue weighted by atomic mass is 9.97. The van der Waals surface area contributed by atoms with E-state index in [2.05, 4.69) is 13.5 Å². The zero-order valence-corrected chi connectivity index (χ0v) is 11.1. The topological polar surface area (TPSA) is 49.7 Å². The molecule has 2 saturated carbocycles. The number of hydrogen-bond donors (Lipinski definition) is 1. The molecule has 1 N–H and O–H groups in total. The fraction of sp³-hybridized carbons (Fsp3) is 0.600. The lowest BCUT2D eigenvalue weighted by Crippen LogP contribution is -2.13. The molecule has 0 aromatic rings. The van der Waals surface area contributed by atoms with Crippen LogP contribution in [0.1, 0.15) is 39.5 Å². The van der Waals surface area contributed by atoms with Gasteiger partial charge in [0.1, 0.15) is 0 Å². The predicted octanol–water partition coefficient (Wildman–Crippen LogP) is 3.43. The molecule has 2 rings (SSSR count). The molecule has 0 spiro atoms. The van der Waals surface area contributed by atoms with Crippen molar-refractivity contribution >= 4 is 11.7 Å². The van der Waals surface area contributed by atoms with Crippen molar-refractivity contribution in [3.8, 4) is 0 Å². The Morgan fingerprint density at radius 1 is 1.33 bits per heavy atom. The average molecular weight is 247 g/mol. The van der Waals surface area contributed by atoms with Crippen LogP contribution in [0.25, 0.3) is 0 Å². The Morgan fingerprint density at radius 3 is 2.28 bits per heavy atom. The van der Waals surface area contributed by atoms with E-state index in [9.17, 15) is 4.79 Å². The lowest BCUT2D eigenvalue weighted by molar-refractivity contribution is -0.139. The van der Waals surface area contributed by atoms with Crippen LogP contribution in [0.15, 0.2) is 28.9 Å². The summed E-state index contributed by atoms with van der Waals surface area (Å²) in [5.41, 5.74) is 2.93. The minimum atomic E-state index is -0.803. The van der Waals surface area contributed by atoms with Crippen molar-refractivity contribution < 1.29 is 9.90 Å². The molecular weight excluding hydrogens is 226 g/mol. The van der Waals surface area contributed by atoms with Crippen LogP contribution in [0, 0.1) is 17.8 Å². The van der Waals surface area contributed by atoms with Crippen LogP contribution >= 0.6 is 0 Å². The molecule has 2 aliphatic rings. The van der Waals surface area contributed by atoms with Crippen LogP contribution in [-0.2, 0) is 4.79 Å². The number of aliphatic carboxylic acids is 1. The van der Waals surface area contributed by atoms with E-state index < -0.39 is 11.9 Å². The molecule has 0 aliphatic heterocycles. The Balaban J connectivity index is 2.33. The number of aliphatic imine (C=N–C) groups is 1. The highest BCUT2D eigenvalue weighted by atomic mass is 16.4. The van der Waals surface area contributed by atoms with E-state index in [0.717, 1.165) is 29.8 Å². The van der Waals surface area contributed by atoms with Crippen LogP contribution in [0.3, 0.4) is 0 Å². The summed E-state index contributed by atoms with van der Waals surface area (Å²) in [7, 11) is 0. The summed E-state index contributed by atoms with van der Waals surface area (Å²) in [6.07, 6.45) is 6.38. The maximum absolute atomic E-state index is 11.1. The van der Waals surface area contributed by atoms with E-state index in [-0.39, 0.29) is 0 Å². The van der Waals surface area contributed by atoms with Crippen molar-refractivity contribution in [1.82, 2.24) is 0 Å². The van der Waals surface area contributed by atoms with Gasteiger partial charge in [-0.25, -0.2) is 0 Å². The van der Waals surface area contributed by atoms with Gasteiger partial charge < -0.3 is 5.11 Å². The smallest absolute Gasteiger partial charge is 0.310 e. The van der Waals surface area contributed by atoms with E-state index in [1.165, 1.54) is 12.8 Å². The minimum absolute atomic E-state index is 0.452. The second-order valence-electron chi connectivity index (χ2n) is 5.41. The summed E-state index contributed by atoms with van der Waals surface area (Å²) in [6.45, 7) is 7.55. The van der Waals surface area contributed by atoms with Crippen molar-refractivity contribution in [1.29, 1.82) is 0 Å². The molecule has 98 valence electrons. The largest absolute Gasteiger partial charge is 0.481 e. The van der Waals surface area contributed by atoms with Crippen LogP contribution in [0.4, 0.5) is 0 Å². The monoisotopic (exact) mass is 247 g/mol. The molecule has 2 aliphatic carbocycles. The minimum Gasteiger partial charge on any atom is -0.481 e. The first-order chi connectivity index (χ1) is 8.54. The van der Waals surface area contributed by atoms with Gasteiger partial charge in [0.25, 0.3) is 0 Å². The molecule has 0 radical (unpaired) electrons. The average Bonchev–Trinajstić information content (AvgIpc) is 3.19. The van der Waals surface area contributed by atoms with Gasteiger partial charge in [-0.1, -0.05) is 12.7 Å². The quantitative estimate of drug-likeness (QED) is 0.577. The van der Waals surface area contributed by atoms with E-state index in [4.69, 9.17) is 10.1 Å². The van der Waals surface area contributed by atoms with Crippen LogP contribution in [0.2, 0.25) is 0 Å². The van der Waals surface area contributed by atoms with E-state index >= 15 is 0 Å². The molecule has 3 heteroatoms. The van der Waals surface area contributed by atoms with Gasteiger partial charge in [-0.3, -0.25) is 9.79 Å². The number of carbonyl (C=O) groups is 1. The Kier molecular flexibility index (Phi) is 3.69. The van der Waals surface area contributed by atoms with Gasteiger partial charge in [0, 0.05) is 17.3 Å². The zero-order chi connectivity index (χ0) is 13.3. The number of allylic oxidation sites excluding steroid dienone is 2. The Hall–Kier alpha value is -1.38. The molecule has 2 fully saturated rings. The maximum Gasteiger partial charge on any atom is 0.310 e. The molecule has 0 aromatic heterocycles. The molecule has 0 amide bonds. The van der Waals surface area contributed by atoms with Gasteiger partial charge in [0.05, 0.1) is 5.92 Å². The highest BCUT2D eigenvalue weighted by molar-refractivity contribution is 5.87. The van der Waals surface area contributed by atoms with Gasteiger partial charge in [-0.05, 0) is 51.0 Å². The molecule has 18 heavy (non-hydrogen) atoms. The summed E-state index contributed by atoms with van der Waals surface area (Å²) < 4.78 is 0. The lowest BCUT2D eigenvalue weighted by Gasteiger charge is -2.13.